The van der Waals surface area contributed by atoms with Gasteiger partial charge in [-0.25, -0.2) is 4.98 Å². The molecule has 19 heavy (non-hydrogen) atoms. The van der Waals surface area contributed by atoms with Crippen molar-refractivity contribution in [3.05, 3.63) is 18.1 Å². The molecular weight excluding hydrogens is 240 g/mol. The van der Waals surface area contributed by atoms with Crippen molar-refractivity contribution in [3.8, 4) is 6.07 Å². The maximum absolute atomic E-state index is 9.22. The number of nitrogens with one attached hydrogen (secondary N) is 1. The first-order valence-corrected chi connectivity index (χ1v) is 6.65. The molecular formula is C13H16N6. The first kappa shape index (κ1) is 11.9. The Hall–Kier alpha value is -2.16. The van der Waals surface area contributed by atoms with Gasteiger partial charge < -0.3 is 5.32 Å². The Morgan fingerprint density at radius 1 is 1.37 bits per heavy atom. The first-order chi connectivity index (χ1) is 9.29. The Morgan fingerprint density at radius 3 is 3.00 bits per heavy atom. The molecule has 0 radical (unpaired) electrons. The second-order valence-corrected chi connectivity index (χ2v) is 5.13. The van der Waals surface area contributed by atoms with Gasteiger partial charge in [-0.05, 0) is 18.8 Å². The van der Waals surface area contributed by atoms with E-state index in [1.54, 1.807) is 0 Å². The lowest BCUT2D eigenvalue weighted by Gasteiger charge is -2.30. The molecule has 2 atom stereocenters. The van der Waals surface area contributed by atoms with Crippen LogP contribution in [0.3, 0.4) is 0 Å². The molecule has 1 saturated carbocycles. The summed E-state index contributed by atoms with van der Waals surface area (Å²) < 4.78 is 1.46. The number of nitriles is 1. The number of hydrogen-bond acceptors (Lipinski definition) is 5. The van der Waals surface area contributed by atoms with Gasteiger partial charge in [0.15, 0.2) is 0 Å². The second-order valence-electron chi connectivity index (χ2n) is 5.13. The van der Waals surface area contributed by atoms with E-state index in [0.717, 1.165) is 12.1 Å². The zero-order valence-electron chi connectivity index (χ0n) is 10.9. The van der Waals surface area contributed by atoms with Gasteiger partial charge in [0, 0.05) is 6.04 Å². The summed E-state index contributed by atoms with van der Waals surface area (Å²) in [6.45, 7) is 2.26. The predicted molar refractivity (Wildman–Crippen MR) is 70.5 cm³/mol. The molecule has 1 fully saturated rings. The molecule has 3 rings (SSSR count). The predicted octanol–water partition coefficient (Wildman–Crippen LogP) is 1.99. The van der Waals surface area contributed by atoms with E-state index >= 15 is 0 Å². The lowest BCUT2D eigenvalue weighted by molar-refractivity contribution is 0.349. The monoisotopic (exact) mass is 256 g/mol. The van der Waals surface area contributed by atoms with Crippen molar-refractivity contribution in [2.45, 2.75) is 38.6 Å². The second kappa shape index (κ2) is 4.84. The van der Waals surface area contributed by atoms with Crippen LogP contribution in [-0.2, 0) is 0 Å². The summed E-state index contributed by atoms with van der Waals surface area (Å²) in [5.41, 5.74) is 1.91. The van der Waals surface area contributed by atoms with Crippen molar-refractivity contribution in [1.29, 1.82) is 5.26 Å². The van der Waals surface area contributed by atoms with Crippen LogP contribution in [-0.4, -0.2) is 25.9 Å². The molecule has 0 amide bonds. The molecule has 6 nitrogen and oxygen atoms in total. The Labute approximate surface area is 111 Å². The van der Waals surface area contributed by atoms with Crippen LogP contribution < -0.4 is 5.32 Å². The lowest BCUT2D eigenvalue weighted by Crippen LogP contribution is -2.31. The number of nitrogens with zero attached hydrogens (tertiary/aromatic N) is 5. The number of anilines is 1. The van der Waals surface area contributed by atoms with Crippen LogP contribution in [0, 0.1) is 17.2 Å². The Balaban J connectivity index is 1.98. The fourth-order valence-electron chi connectivity index (χ4n) is 2.73. The average Bonchev–Trinajstić information content (AvgIpc) is 2.90. The van der Waals surface area contributed by atoms with Crippen LogP contribution in [0.4, 0.5) is 5.69 Å². The average molecular weight is 256 g/mol. The molecule has 2 aromatic rings. The maximum atomic E-state index is 9.22. The van der Waals surface area contributed by atoms with Crippen molar-refractivity contribution < 1.29 is 0 Å². The molecule has 1 aliphatic carbocycles. The van der Waals surface area contributed by atoms with Crippen LogP contribution >= 0.6 is 0 Å². The summed E-state index contributed by atoms with van der Waals surface area (Å²) in [6, 6.07) is 2.57. The number of rotatable bonds is 2. The van der Waals surface area contributed by atoms with Crippen molar-refractivity contribution in [2.75, 3.05) is 5.32 Å². The van der Waals surface area contributed by atoms with E-state index < -0.39 is 0 Å². The summed E-state index contributed by atoms with van der Waals surface area (Å²) in [5.74, 6) is 0.608. The van der Waals surface area contributed by atoms with Crippen molar-refractivity contribution in [1.82, 2.24) is 19.8 Å². The van der Waals surface area contributed by atoms with Gasteiger partial charge in [-0.2, -0.15) is 10.4 Å². The van der Waals surface area contributed by atoms with Gasteiger partial charge >= 0.3 is 0 Å². The fourth-order valence-corrected chi connectivity index (χ4v) is 2.73. The Morgan fingerprint density at radius 2 is 2.21 bits per heavy atom. The van der Waals surface area contributed by atoms with Crippen LogP contribution in [0.2, 0.25) is 0 Å². The largest absolute Gasteiger partial charge is 0.378 e. The maximum Gasteiger partial charge on any atom is 0.200 e. The molecule has 1 aliphatic rings. The minimum Gasteiger partial charge on any atom is -0.378 e. The third kappa shape index (κ3) is 2.12. The van der Waals surface area contributed by atoms with E-state index in [1.807, 2.05) is 0 Å². The van der Waals surface area contributed by atoms with E-state index in [4.69, 9.17) is 0 Å². The summed E-state index contributed by atoms with van der Waals surface area (Å²) in [6.07, 6.45) is 7.89. The molecule has 0 aliphatic heterocycles. The van der Waals surface area contributed by atoms with E-state index in [2.05, 4.69) is 33.5 Å². The number of fused-ring (bicyclic) bond motifs is 1. The highest BCUT2D eigenvalue weighted by Gasteiger charge is 2.23. The van der Waals surface area contributed by atoms with E-state index in [0.29, 0.717) is 23.2 Å². The molecule has 6 heteroatoms. The van der Waals surface area contributed by atoms with Gasteiger partial charge in [0.05, 0.1) is 11.8 Å². The minimum absolute atomic E-state index is 0.392. The van der Waals surface area contributed by atoms with Crippen LogP contribution in [0.1, 0.15) is 38.2 Å². The van der Waals surface area contributed by atoms with Crippen molar-refractivity contribution >= 4 is 11.3 Å². The van der Waals surface area contributed by atoms with Gasteiger partial charge in [-0.3, -0.25) is 0 Å². The molecule has 2 heterocycles. The zero-order valence-corrected chi connectivity index (χ0v) is 10.9. The molecule has 0 spiro atoms. The van der Waals surface area contributed by atoms with Gasteiger partial charge in [-0.15, -0.1) is 9.73 Å². The molecule has 0 saturated heterocycles. The van der Waals surface area contributed by atoms with Gasteiger partial charge in [-0.1, -0.05) is 19.8 Å². The Kier molecular flexibility index (Phi) is 3.03. The summed E-state index contributed by atoms with van der Waals surface area (Å²) in [7, 11) is 0. The van der Waals surface area contributed by atoms with Crippen LogP contribution in [0.25, 0.3) is 5.65 Å². The van der Waals surface area contributed by atoms with Gasteiger partial charge in [0.25, 0.3) is 0 Å². The first-order valence-electron chi connectivity index (χ1n) is 6.65. The van der Waals surface area contributed by atoms with Crippen molar-refractivity contribution in [2.24, 2.45) is 5.92 Å². The van der Waals surface area contributed by atoms with Crippen LogP contribution in [0.5, 0.6) is 0 Å². The number of aromatic nitrogens is 4. The highest BCUT2D eigenvalue weighted by molar-refractivity contribution is 5.73. The topological polar surface area (TPSA) is 78.9 Å². The zero-order chi connectivity index (χ0) is 13.2. The summed E-state index contributed by atoms with van der Waals surface area (Å²) in [4.78, 5) is 4.19. The fraction of sp³-hybridized carbons (Fsp3) is 0.538. The normalized spacial score (nSPS) is 23.2. The smallest absolute Gasteiger partial charge is 0.200 e. The molecule has 2 unspecified atom stereocenters. The molecule has 98 valence electrons. The van der Waals surface area contributed by atoms with Gasteiger partial charge in [0.2, 0.25) is 5.65 Å². The minimum atomic E-state index is 0.392. The van der Waals surface area contributed by atoms with Gasteiger partial charge in [0.1, 0.15) is 18.1 Å². The SMILES string of the molecule is CC1CCCCC1Nc1c(C#N)cnn2ncnc12. The highest BCUT2D eigenvalue weighted by Crippen LogP contribution is 2.29. The third-order valence-electron chi connectivity index (χ3n) is 3.88. The summed E-state index contributed by atoms with van der Waals surface area (Å²) in [5, 5.41) is 20.8. The van der Waals surface area contributed by atoms with E-state index in [1.165, 1.54) is 36.4 Å². The standard InChI is InChI=1S/C13H16N6/c1-9-4-2-3-5-11(9)18-12-10(6-14)7-16-19-13(12)15-8-17-19/h7-9,11,18H,2-5H2,1H3. The molecule has 0 aromatic carbocycles. The quantitative estimate of drug-likeness (QED) is 0.888. The van der Waals surface area contributed by atoms with E-state index in [-0.39, 0.29) is 0 Å². The summed E-state index contributed by atoms with van der Waals surface area (Å²) >= 11 is 0. The van der Waals surface area contributed by atoms with E-state index in [9.17, 15) is 5.26 Å². The molecule has 1 N–H and O–H groups in total. The molecule has 0 bridgehead atoms. The lowest BCUT2D eigenvalue weighted by atomic mass is 9.86. The van der Waals surface area contributed by atoms with Crippen molar-refractivity contribution in [3.63, 3.8) is 0 Å². The number of hydrogen-bond donors (Lipinski definition) is 1. The molecule has 2 aromatic heterocycles. The van der Waals surface area contributed by atoms with Crippen LogP contribution in [0.15, 0.2) is 12.5 Å². The third-order valence-corrected chi connectivity index (χ3v) is 3.88. The highest BCUT2D eigenvalue weighted by atomic mass is 15.4. The Bertz CT molecular complexity index is 626.